The fourth-order valence-electron chi connectivity index (χ4n) is 2.01. The van der Waals surface area contributed by atoms with Crippen LogP contribution in [0.2, 0.25) is 0 Å². The Balaban J connectivity index is 2.21. The largest absolute Gasteiger partial charge is 0.481 e. The number of hydrogen-bond acceptors (Lipinski definition) is 3. The summed E-state index contributed by atoms with van der Waals surface area (Å²) >= 11 is 2.30. The molecule has 0 aliphatic rings. The summed E-state index contributed by atoms with van der Waals surface area (Å²) in [5.41, 5.74) is 2.03. The molecule has 0 unspecified atom stereocenters. The topological polar surface area (TPSA) is 35.0 Å². The normalized spacial score (nSPS) is 10.6. The van der Waals surface area contributed by atoms with E-state index in [0.717, 1.165) is 22.0 Å². The number of ether oxygens (including phenoxy) is 1. The molecular weight excluding hydrogens is 351 g/mol. The van der Waals surface area contributed by atoms with Crippen LogP contribution < -0.4 is 4.74 Å². The van der Waals surface area contributed by atoms with Gasteiger partial charge in [0.05, 0.1) is 12.8 Å². The number of pyridine rings is 2. The lowest BCUT2D eigenvalue weighted by molar-refractivity contribution is 0.403. The average Bonchev–Trinajstić information content (AvgIpc) is 2.46. The third-order valence-corrected chi connectivity index (χ3v) is 3.60. The zero-order valence-electron chi connectivity index (χ0n) is 10.3. The molecule has 2 heterocycles. The number of fused-ring (bicyclic) bond motifs is 1. The predicted octanol–water partition coefficient (Wildman–Crippen LogP) is 3.91. The Kier molecular flexibility index (Phi) is 3.33. The zero-order chi connectivity index (χ0) is 13.2. The molecule has 4 heteroatoms. The minimum absolute atomic E-state index is 0.631. The van der Waals surface area contributed by atoms with Gasteiger partial charge in [-0.05, 0) is 46.9 Å². The molecule has 94 valence electrons. The van der Waals surface area contributed by atoms with Gasteiger partial charge in [0.15, 0.2) is 0 Å². The van der Waals surface area contributed by atoms with E-state index >= 15 is 0 Å². The lowest BCUT2D eigenvalue weighted by Gasteiger charge is -2.06. The van der Waals surface area contributed by atoms with Crippen LogP contribution in [-0.2, 0) is 0 Å². The summed E-state index contributed by atoms with van der Waals surface area (Å²) in [4.78, 5) is 8.73. The van der Waals surface area contributed by atoms with E-state index in [0.29, 0.717) is 5.88 Å². The van der Waals surface area contributed by atoms with Crippen molar-refractivity contribution in [2.45, 2.75) is 0 Å². The molecule has 1 aromatic carbocycles. The zero-order valence-corrected chi connectivity index (χ0v) is 12.5. The van der Waals surface area contributed by atoms with Crippen molar-refractivity contribution in [3.63, 3.8) is 0 Å². The molecule has 0 spiro atoms. The molecular formula is C15H11IN2O. The molecule has 0 bridgehead atoms. The number of nitrogens with zero attached hydrogens (tertiary/aromatic N) is 2. The molecule has 0 radical (unpaired) electrons. The number of hydrogen-bond donors (Lipinski definition) is 0. The molecule has 0 fully saturated rings. The van der Waals surface area contributed by atoms with E-state index < -0.39 is 0 Å². The van der Waals surface area contributed by atoms with Gasteiger partial charge in [0.1, 0.15) is 0 Å². The van der Waals surface area contributed by atoms with Crippen molar-refractivity contribution in [3.8, 4) is 17.1 Å². The first-order valence-electron chi connectivity index (χ1n) is 5.82. The molecule has 3 rings (SSSR count). The first-order chi connectivity index (χ1) is 9.28. The molecule has 3 aromatic rings. The smallest absolute Gasteiger partial charge is 0.221 e. The summed E-state index contributed by atoms with van der Waals surface area (Å²) in [6.07, 6.45) is 3.59. The number of benzene rings is 1. The van der Waals surface area contributed by atoms with Crippen molar-refractivity contribution in [3.05, 3.63) is 52.4 Å². The van der Waals surface area contributed by atoms with Crippen LogP contribution in [0.5, 0.6) is 5.88 Å². The third kappa shape index (κ3) is 2.40. The lowest BCUT2D eigenvalue weighted by Crippen LogP contribution is -1.91. The summed E-state index contributed by atoms with van der Waals surface area (Å²) in [5, 5.41) is 2.01. The van der Waals surface area contributed by atoms with E-state index in [1.165, 1.54) is 3.57 Å². The van der Waals surface area contributed by atoms with Gasteiger partial charge in [-0.15, -0.1) is 0 Å². The Labute approximate surface area is 124 Å². The highest BCUT2D eigenvalue weighted by Crippen LogP contribution is 2.27. The molecule has 0 saturated heterocycles. The van der Waals surface area contributed by atoms with E-state index in [1.54, 1.807) is 13.3 Å². The van der Waals surface area contributed by atoms with Crippen LogP contribution in [-0.4, -0.2) is 17.1 Å². The Morgan fingerprint density at radius 3 is 2.79 bits per heavy atom. The van der Waals surface area contributed by atoms with Gasteiger partial charge in [-0.25, -0.2) is 4.98 Å². The van der Waals surface area contributed by atoms with Crippen molar-refractivity contribution in [2.75, 3.05) is 7.11 Å². The van der Waals surface area contributed by atoms with E-state index in [4.69, 9.17) is 4.74 Å². The Bertz CT molecular complexity index is 743. The molecule has 0 amide bonds. The van der Waals surface area contributed by atoms with Gasteiger partial charge < -0.3 is 4.74 Å². The third-order valence-electron chi connectivity index (χ3n) is 2.92. The van der Waals surface area contributed by atoms with Gasteiger partial charge in [0.25, 0.3) is 0 Å². The number of aromatic nitrogens is 2. The average molecular weight is 362 g/mol. The van der Waals surface area contributed by atoms with Crippen LogP contribution in [0.1, 0.15) is 0 Å². The minimum atomic E-state index is 0.631. The first-order valence-corrected chi connectivity index (χ1v) is 6.90. The number of methoxy groups -OCH3 is 1. The summed E-state index contributed by atoms with van der Waals surface area (Å²) in [6.45, 7) is 0. The van der Waals surface area contributed by atoms with Crippen molar-refractivity contribution < 1.29 is 4.74 Å². The summed E-state index contributed by atoms with van der Waals surface area (Å²) in [5.74, 6) is 0.631. The molecule has 0 atom stereocenters. The van der Waals surface area contributed by atoms with E-state index in [2.05, 4.69) is 50.8 Å². The number of rotatable bonds is 2. The van der Waals surface area contributed by atoms with Gasteiger partial charge in [-0.2, -0.15) is 0 Å². The summed E-state index contributed by atoms with van der Waals surface area (Å²) in [7, 11) is 1.63. The monoisotopic (exact) mass is 362 g/mol. The highest BCUT2D eigenvalue weighted by Gasteiger charge is 2.06. The highest BCUT2D eigenvalue weighted by molar-refractivity contribution is 14.1. The van der Waals surface area contributed by atoms with Crippen LogP contribution in [0, 0.1) is 3.57 Å². The molecule has 0 aliphatic carbocycles. The van der Waals surface area contributed by atoms with Gasteiger partial charge in [0, 0.05) is 32.3 Å². The maximum atomic E-state index is 5.30. The maximum Gasteiger partial charge on any atom is 0.221 e. The van der Waals surface area contributed by atoms with Crippen LogP contribution >= 0.6 is 22.6 Å². The SMILES string of the molecule is COc1nccc2cnc(-c3cccc(I)c3)cc12. The quantitative estimate of drug-likeness (QED) is 0.649. The molecule has 2 aromatic heterocycles. The fraction of sp³-hybridized carbons (Fsp3) is 0.0667. The predicted molar refractivity (Wildman–Crippen MR) is 84.2 cm³/mol. The highest BCUT2D eigenvalue weighted by atomic mass is 127. The fourth-order valence-corrected chi connectivity index (χ4v) is 2.55. The van der Waals surface area contributed by atoms with Gasteiger partial charge in [-0.1, -0.05) is 12.1 Å². The van der Waals surface area contributed by atoms with Crippen molar-refractivity contribution in [1.29, 1.82) is 0 Å². The second-order valence-corrected chi connectivity index (χ2v) is 5.37. The molecule has 19 heavy (non-hydrogen) atoms. The van der Waals surface area contributed by atoms with Crippen LogP contribution in [0.15, 0.2) is 48.8 Å². The first kappa shape index (κ1) is 12.3. The second-order valence-electron chi connectivity index (χ2n) is 4.12. The maximum absolute atomic E-state index is 5.30. The second kappa shape index (κ2) is 5.13. The van der Waals surface area contributed by atoms with Crippen LogP contribution in [0.3, 0.4) is 0 Å². The van der Waals surface area contributed by atoms with E-state index in [-0.39, 0.29) is 0 Å². The molecule has 0 N–H and O–H groups in total. The van der Waals surface area contributed by atoms with Gasteiger partial charge >= 0.3 is 0 Å². The Hall–Kier alpha value is -1.69. The summed E-state index contributed by atoms with van der Waals surface area (Å²) in [6, 6.07) is 12.2. The van der Waals surface area contributed by atoms with Crippen molar-refractivity contribution >= 4 is 33.4 Å². The van der Waals surface area contributed by atoms with Gasteiger partial charge in [0.2, 0.25) is 5.88 Å². The standard InChI is InChI=1S/C15H11IN2O/c1-19-15-13-8-14(10-3-2-4-12(16)7-10)18-9-11(13)5-6-17-15/h2-9H,1H3. The number of halogens is 1. The Morgan fingerprint density at radius 2 is 2.00 bits per heavy atom. The van der Waals surface area contributed by atoms with Crippen LogP contribution in [0.25, 0.3) is 22.0 Å². The van der Waals surface area contributed by atoms with Crippen molar-refractivity contribution in [1.82, 2.24) is 9.97 Å². The van der Waals surface area contributed by atoms with Crippen LogP contribution in [0.4, 0.5) is 0 Å². The Morgan fingerprint density at radius 1 is 1.11 bits per heavy atom. The van der Waals surface area contributed by atoms with E-state index in [9.17, 15) is 0 Å². The van der Waals surface area contributed by atoms with E-state index in [1.807, 2.05) is 24.4 Å². The molecule has 3 nitrogen and oxygen atoms in total. The minimum Gasteiger partial charge on any atom is -0.481 e. The van der Waals surface area contributed by atoms with Crippen molar-refractivity contribution in [2.24, 2.45) is 0 Å². The molecule has 0 aliphatic heterocycles. The lowest BCUT2D eigenvalue weighted by atomic mass is 10.1. The summed E-state index contributed by atoms with van der Waals surface area (Å²) < 4.78 is 6.49. The van der Waals surface area contributed by atoms with Gasteiger partial charge in [-0.3, -0.25) is 4.98 Å². The molecule has 0 saturated carbocycles.